The van der Waals surface area contributed by atoms with Crippen molar-refractivity contribution in [1.82, 2.24) is 0 Å². The number of carbonyl (C=O) groups excluding carboxylic acids is 1. The van der Waals surface area contributed by atoms with Crippen molar-refractivity contribution in [3.8, 4) is 0 Å². The average molecular weight is 318 g/mol. The van der Waals surface area contributed by atoms with Crippen LogP contribution in [0.25, 0.3) is 0 Å². The van der Waals surface area contributed by atoms with E-state index in [-0.39, 0.29) is 23.1 Å². The molecule has 3 heteroatoms. The Morgan fingerprint density at radius 1 is 1.17 bits per heavy atom. The summed E-state index contributed by atoms with van der Waals surface area (Å²) >= 11 is 0. The Balaban J connectivity index is 1.47. The molecular weight excluding hydrogens is 288 g/mol. The Bertz CT molecular complexity index is 555. The summed E-state index contributed by atoms with van der Waals surface area (Å²) in [4.78, 5) is 12.5. The fourth-order valence-corrected chi connectivity index (χ4v) is 7.73. The van der Waals surface area contributed by atoms with Crippen molar-refractivity contribution in [3.63, 3.8) is 0 Å². The second-order valence-electron chi connectivity index (χ2n) is 9.89. The largest absolute Gasteiger partial charge is 0.459 e. The molecule has 0 amide bonds. The quantitative estimate of drug-likeness (QED) is 0.807. The molecule has 6 saturated carbocycles. The third kappa shape index (κ3) is 1.83. The van der Waals surface area contributed by atoms with Crippen LogP contribution in [-0.2, 0) is 9.53 Å². The van der Waals surface area contributed by atoms with Crippen molar-refractivity contribution in [1.29, 1.82) is 0 Å². The van der Waals surface area contributed by atoms with Gasteiger partial charge in [0.25, 0.3) is 0 Å². The van der Waals surface area contributed by atoms with E-state index in [4.69, 9.17) is 4.74 Å². The number of fused-ring (bicyclic) bond motifs is 1. The molecule has 8 unspecified atom stereocenters. The van der Waals surface area contributed by atoms with Gasteiger partial charge < -0.3 is 9.84 Å². The van der Waals surface area contributed by atoms with Crippen LogP contribution in [0.1, 0.15) is 71.6 Å². The van der Waals surface area contributed by atoms with Gasteiger partial charge >= 0.3 is 5.97 Å². The first-order valence-corrected chi connectivity index (χ1v) is 9.83. The first-order valence-electron chi connectivity index (χ1n) is 9.83. The number of aliphatic hydroxyl groups is 1. The minimum Gasteiger partial charge on any atom is -0.459 e. The zero-order chi connectivity index (χ0) is 16.0. The fourth-order valence-electron chi connectivity index (χ4n) is 7.73. The van der Waals surface area contributed by atoms with Crippen molar-refractivity contribution >= 4 is 5.97 Å². The molecule has 0 saturated heterocycles. The number of hydrogen-bond acceptors (Lipinski definition) is 3. The number of hydrogen-bond donors (Lipinski definition) is 1. The lowest BCUT2D eigenvalue weighted by Gasteiger charge is -2.73. The third-order valence-electron chi connectivity index (χ3n) is 8.68. The van der Waals surface area contributed by atoms with Gasteiger partial charge in [-0.25, -0.2) is 0 Å². The lowest BCUT2D eigenvalue weighted by atomic mass is 9.33. The highest BCUT2D eigenvalue weighted by molar-refractivity contribution is 5.72. The Labute approximate surface area is 139 Å². The Morgan fingerprint density at radius 3 is 2.78 bits per heavy atom. The van der Waals surface area contributed by atoms with E-state index in [0.717, 1.165) is 44.9 Å². The van der Waals surface area contributed by atoms with Gasteiger partial charge in [0.15, 0.2) is 0 Å². The first kappa shape index (κ1) is 14.7. The fraction of sp³-hybridized carbons (Fsp3) is 0.950. The maximum absolute atomic E-state index is 12.5. The van der Waals surface area contributed by atoms with E-state index < -0.39 is 0 Å². The highest BCUT2D eigenvalue weighted by Crippen LogP contribution is 2.75. The number of rotatable bonds is 3. The Morgan fingerprint density at radius 2 is 2.00 bits per heavy atom. The summed E-state index contributed by atoms with van der Waals surface area (Å²) in [5, 5.41) is 11.0. The van der Waals surface area contributed by atoms with Gasteiger partial charge in [0.1, 0.15) is 5.60 Å². The monoisotopic (exact) mass is 318 g/mol. The number of esters is 1. The van der Waals surface area contributed by atoms with Crippen molar-refractivity contribution in [2.45, 2.75) is 82.8 Å². The smallest absolute Gasteiger partial charge is 0.309 e. The van der Waals surface area contributed by atoms with Gasteiger partial charge in [-0.2, -0.15) is 0 Å². The molecule has 0 heterocycles. The summed E-state index contributed by atoms with van der Waals surface area (Å²) in [6.45, 7) is 4.06. The van der Waals surface area contributed by atoms with Gasteiger partial charge in [0.05, 0.1) is 11.5 Å². The molecule has 6 fully saturated rings. The summed E-state index contributed by atoms with van der Waals surface area (Å²) in [5.41, 5.74) is -0.142. The van der Waals surface area contributed by atoms with Gasteiger partial charge in [0.2, 0.25) is 0 Å². The van der Waals surface area contributed by atoms with Gasteiger partial charge in [0, 0.05) is 0 Å². The molecule has 7 bridgehead atoms. The first-order chi connectivity index (χ1) is 10.9. The molecule has 0 aliphatic heterocycles. The highest BCUT2D eigenvalue weighted by atomic mass is 16.6. The maximum atomic E-state index is 12.5. The van der Waals surface area contributed by atoms with E-state index in [1.54, 1.807) is 0 Å². The molecule has 0 aromatic carbocycles. The van der Waals surface area contributed by atoms with E-state index in [2.05, 4.69) is 6.92 Å². The second kappa shape index (κ2) is 4.33. The van der Waals surface area contributed by atoms with Crippen LogP contribution >= 0.6 is 0 Å². The van der Waals surface area contributed by atoms with E-state index in [1.165, 1.54) is 12.8 Å². The van der Waals surface area contributed by atoms with Crippen LogP contribution in [0.2, 0.25) is 0 Å². The summed E-state index contributed by atoms with van der Waals surface area (Å²) < 4.78 is 6.21. The SMILES string of the molecule is CCC(C)C(=O)OC12CCC34CC5CC(O)(CC(C5C1)C3C2)C4. The molecule has 0 radical (unpaired) electrons. The van der Waals surface area contributed by atoms with Crippen LogP contribution < -0.4 is 0 Å². The molecule has 0 aromatic rings. The lowest BCUT2D eigenvalue weighted by Crippen LogP contribution is -2.70. The van der Waals surface area contributed by atoms with Crippen LogP contribution in [0.4, 0.5) is 0 Å². The third-order valence-corrected chi connectivity index (χ3v) is 8.68. The van der Waals surface area contributed by atoms with Gasteiger partial charge in [-0.1, -0.05) is 13.8 Å². The molecule has 6 aliphatic rings. The van der Waals surface area contributed by atoms with Gasteiger partial charge in [-0.05, 0) is 86.9 Å². The Kier molecular flexibility index (Phi) is 2.78. The van der Waals surface area contributed by atoms with Crippen molar-refractivity contribution in [3.05, 3.63) is 0 Å². The molecule has 1 spiro atoms. The molecule has 128 valence electrons. The second-order valence-corrected chi connectivity index (χ2v) is 9.89. The zero-order valence-corrected chi connectivity index (χ0v) is 14.5. The summed E-state index contributed by atoms with van der Waals surface area (Å²) in [6.07, 6.45) is 9.64. The number of carbonyl (C=O) groups is 1. The van der Waals surface area contributed by atoms with Gasteiger partial charge in [-0.3, -0.25) is 4.79 Å². The van der Waals surface area contributed by atoms with E-state index in [1.807, 2.05) is 6.92 Å². The summed E-state index contributed by atoms with van der Waals surface area (Å²) in [6, 6.07) is 0. The maximum Gasteiger partial charge on any atom is 0.309 e. The molecule has 0 aromatic heterocycles. The average Bonchev–Trinajstić information content (AvgIpc) is 2.50. The van der Waals surface area contributed by atoms with Crippen LogP contribution in [0.15, 0.2) is 0 Å². The van der Waals surface area contributed by atoms with Crippen LogP contribution in [-0.4, -0.2) is 22.3 Å². The Hall–Kier alpha value is -0.570. The predicted octanol–water partition coefficient (Wildman–Crippen LogP) is 3.69. The molecule has 23 heavy (non-hydrogen) atoms. The molecule has 6 rings (SSSR count). The lowest BCUT2D eigenvalue weighted by molar-refractivity contribution is -0.288. The standard InChI is InChI=1S/C20H30O3/c1-3-12(2)17(21)23-20-5-4-18-6-13-7-19(22,11-18)8-15(14(13)9-20)16(18)10-20/h12-16,22H,3-11H2,1-2H3. The van der Waals surface area contributed by atoms with Crippen molar-refractivity contribution < 1.29 is 14.6 Å². The van der Waals surface area contributed by atoms with Crippen LogP contribution in [0.3, 0.4) is 0 Å². The molecule has 6 aliphatic carbocycles. The van der Waals surface area contributed by atoms with Crippen molar-refractivity contribution in [2.75, 3.05) is 0 Å². The van der Waals surface area contributed by atoms with Crippen LogP contribution in [0.5, 0.6) is 0 Å². The van der Waals surface area contributed by atoms with Crippen molar-refractivity contribution in [2.24, 2.45) is 35.0 Å². The highest BCUT2D eigenvalue weighted by Gasteiger charge is 2.71. The minimum absolute atomic E-state index is 0.0234. The predicted molar refractivity (Wildman–Crippen MR) is 86.6 cm³/mol. The van der Waals surface area contributed by atoms with E-state index in [9.17, 15) is 9.90 Å². The molecule has 8 atom stereocenters. The van der Waals surface area contributed by atoms with Crippen LogP contribution in [0, 0.1) is 35.0 Å². The van der Waals surface area contributed by atoms with E-state index in [0.29, 0.717) is 29.1 Å². The molecule has 1 N–H and O–H groups in total. The van der Waals surface area contributed by atoms with Gasteiger partial charge in [-0.15, -0.1) is 0 Å². The summed E-state index contributed by atoms with van der Waals surface area (Å²) in [7, 11) is 0. The molecular formula is C20H30O3. The van der Waals surface area contributed by atoms with E-state index >= 15 is 0 Å². The topological polar surface area (TPSA) is 46.5 Å². The zero-order valence-electron chi connectivity index (χ0n) is 14.5. The number of ether oxygens (including phenoxy) is 1. The summed E-state index contributed by atoms with van der Waals surface area (Å²) in [5.74, 6) is 2.85. The molecule has 3 nitrogen and oxygen atoms in total. The normalized spacial score (nSPS) is 56.7. The minimum atomic E-state index is -0.356.